The molecule has 0 aromatic heterocycles. The van der Waals surface area contributed by atoms with E-state index in [1.54, 1.807) is 0 Å². The molecule has 98 valence electrons. The van der Waals surface area contributed by atoms with Gasteiger partial charge in [0.2, 0.25) is 5.91 Å². The Morgan fingerprint density at radius 3 is 2.83 bits per heavy atom. The summed E-state index contributed by atoms with van der Waals surface area (Å²) in [6.45, 7) is 2.98. The van der Waals surface area contributed by atoms with Gasteiger partial charge in [-0.1, -0.05) is 23.7 Å². The van der Waals surface area contributed by atoms with Crippen molar-refractivity contribution in [1.82, 2.24) is 10.6 Å². The van der Waals surface area contributed by atoms with E-state index in [1.807, 2.05) is 24.3 Å². The Morgan fingerprint density at radius 2 is 2.17 bits per heavy atom. The maximum atomic E-state index is 11.7. The van der Waals surface area contributed by atoms with Crippen molar-refractivity contribution in [3.63, 3.8) is 0 Å². The minimum absolute atomic E-state index is 0.0864. The van der Waals surface area contributed by atoms with E-state index in [9.17, 15) is 4.79 Å². The topological polar surface area (TPSA) is 41.1 Å². The minimum atomic E-state index is 0.0864. The second-order valence-corrected chi connectivity index (χ2v) is 5.24. The average molecular weight is 267 g/mol. The normalized spacial score (nSPS) is 18.8. The lowest BCUT2D eigenvalue weighted by Gasteiger charge is -2.09. The van der Waals surface area contributed by atoms with Gasteiger partial charge in [0.25, 0.3) is 0 Å². The molecule has 2 rings (SSSR count). The largest absolute Gasteiger partial charge is 0.356 e. The number of benzene rings is 1. The summed E-state index contributed by atoms with van der Waals surface area (Å²) < 4.78 is 0. The predicted molar refractivity (Wildman–Crippen MR) is 73.8 cm³/mol. The maximum absolute atomic E-state index is 11.7. The van der Waals surface area contributed by atoms with Crippen LogP contribution >= 0.6 is 11.6 Å². The highest BCUT2D eigenvalue weighted by molar-refractivity contribution is 6.30. The van der Waals surface area contributed by atoms with Crippen LogP contribution in [0.5, 0.6) is 0 Å². The van der Waals surface area contributed by atoms with E-state index >= 15 is 0 Å². The second-order valence-electron chi connectivity index (χ2n) is 4.80. The zero-order valence-corrected chi connectivity index (χ0v) is 11.2. The molecule has 1 aliphatic rings. The first kappa shape index (κ1) is 13.4. The quantitative estimate of drug-likeness (QED) is 0.856. The van der Waals surface area contributed by atoms with Crippen LogP contribution in [0.1, 0.15) is 18.4 Å². The lowest BCUT2D eigenvalue weighted by atomic mass is 10.1. The van der Waals surface area contributed by atoms with Crippen molar-refractivity contribution in [1.29, 1.82) is 0 Å². The molecule has 1 aliphatic heterocycles. The van der Waals surface area contributed by atoms with Gasteiger partial charge in [0.15, 0.2) is 0 Å². The highest BCUT2D eigenvalue weighted by atomic mass is 35.5. The van der Waals surface area contributed by atoms with Crippen LogP contribution in [-0.2, 0) is 11.2 Å². The number of hydrogen-bond donors (Lipinski definition) is 2. The fourth-order valence-corrected chi connectivity index (χ4v) is 2.35. The van der Waals surface area contributed by atoms with Gasteiger partial charge in [-0.15, -0.1) is 0 Å². The summed E-state index contributed by atoms with van der Waals surface area (Å²) in [5.74, 6) is 0.809. The predicted octanol–water partition coefficient (Wildman–Crippen LogP) is 2.00. The molecule has 1 atom stereocenters. The van der Waals surface area contributed by atoms with Crippen molar-refractivity contribution >= 4 is 17.5 Å². The van der Waals surface area contributed by atoms with Gasteiger partial charge >= 0.3 is 0 Å². The van der Waals surface area contributed by atoms with Crippen LogP contribution in [0, 0.1) is 5.92 Å². The molecular weight excluding hydrogens is 248 g/mol. The van der Waals surface area contributed by atoms with Gasteiger partial charge in [-0.3, -0.25) is 4.79 Å². The van der Waals surface area contributed by atoms with Crippen LogP contribution in [0.3, 0.4) is 0 Å². The fraction of sp³-hybridized carbons (Fsp3) is 0.500. The summed E-state index contributed by atoms with van der Waals surface area (Å²) >= 11 is 5.80. The van der Waals surface area contributed by atoms with Crippen molar-refractivity contribution in [3.8, 4) is 0 Å². The zero-order valence-electron chi connectivity index (χ0n) is 10.4. The van der Waals surface area contributed by atoms with E-state index in [0.717, 1.165) is 37.5 Å². The summed E-state index contributed by atoms with van der Waals surface area (Å²) in [6.07, 6.45) is 2.73. The Morgan fingerprint density at radius 1 is 1.39 bits per heavy atom. The third kappa shape index (κ3) is 4.31. The number of nitrogens with one attached hydrogen (secondary N) is 2. The summed E-state index contributed by atoms with van der Waals surface area (Å²) in [7, 11) is 0. The van der Waals surface area contributed by atoms with E-state index < -0.39 is 0 Å². The summed E-state index contributed by atoms with van der Waals surface area (Å²) in [4.78, 5) is 11.7. The molecule has 0 radical (unpaired) electrons. The van der Waals surface area contributed by atoms with Crippen molar-refractivity contribution in [2.45, 2.75) is 19.3 Å². The molecule has 1 saturated heterocycles. The van der Waals surface area contributed by atoms with Crippen LogP contribution in [-0.4, -0.2) is 25.5 Å². The van der Waals surface area contributed by atoms with Gasteiger partial charge < -0.3 is 10.6 Å². The Hall–Kier alpha value is -1.06. The lowest BCUT2D eigenvalue weighted by molar-refractivity contribution is -0.120. The summed E-state index contributed by atoms with van der Waals surface area (Å²) in [5, 5.41) is 7.01. The van der Waals surface area contributed by atoms with Crippen molar-refractivity contribution in [2.24, 2.45) is 5.92 Å². The zero-order chi connectivity index (χ0) is 12.8. The number of amides is 1. The van der Waals surface area contributed by atoms with Crippen molar-refractivity contribution in [3.05, 3.63) is 34.9 Å². The lowest BCUT2D eigenvalue weighted by Crippen LogP contribution is -2.27. The first-order valence-corrected chi connectivity index (χ1v) is 6.83. The molecule has 1 fully saturated rings. The highest BCUT2D eigenvalue weighted by Crippen LogP contribution is 2.11. The van der Waals surface area contributed by atoms with Gasteiger partial charge in [-0.2, -0.15) is 0 Å². The monoisotopic (exact) mass is 266 g/mol. The van der Waals surface area contributed by atoms with Crippen molar-refractivity contribution in [2.75, 3.05) is 19.6 Å². The molecule has 1 heterocycles. The second kappa shape index (κ2) is 6.76. The van der Waals surface area contributed by atoms with Crippen LogP contribution in [0.25, 0.3) is 0 Å². The van der Waals surface area contributed by atoms with E-state index in [2.05, 4.69) is 10.6 Å². The number of rotatable bonds is 5. The number of carbonyl (C=O) groups excluding carboxylic acids is 1. The Bertz CT molecular complexity index is 385. The van der Waals surface area contributed by atoms with E-state index in [4.69, 9.17) is 11.6 Å². The van der Waals surface area contributed by atoms with E-state index in [-0.39, 0.29) is 5.91 Å². The summed E-state index contributed by atoms with van der Waals surface area (Å²) in [6, 6.07) is 7.41. The van der Waals surface area contributed by atoms with Crippen LogP contribution < -0.4 is 10.6 Å². The molecule has 4 heteroatoms. The van der Waals surface area contributed by atoms with Gasteiger partial charge in [0.1, 0.15) is 0 Å². The standard InChI is InChI=1S/C14H19ClN2O/c15-13-3-1-11(2-4-13)9-14(18)17-8-6-12-5-7-16-10-12/h1-4,12,16H,5-10H2,(H,17,18). The van der Waals surface area contributed by atoms with Gasteiger partial charge in [0.05, 0.1) is 6.42 Å². The molecule has 0 aliphatic carbocycles. The molecule has 1 aromatic rings. The molecule has 1 unspecified atom stereocenters. The molecule has 0 saturated carbocycles. The highest BCUT2D eigenvalue weighted by Gasteiger charge is 2.14. The third-order valence-corrected chi connectivity index (χ3v) is 3.57. The third-order valence-electron chi connectivity index (χ3n) is 3.32. The van der Waals surface area contributed by atoms with Gasteiger partial charge in [0, 0.05) is 11.6 Å². The van der Waals surface area contributed by atoms with E-state index in [1.165, 1.54) is 6.42 Å². The number of hydrogen-bond acceptors (Lipinski definition) is 2. The molecule has 1 amide bonds. The Kier molecular flexibility index (Phi) is 5.02. The van der Waals surface area contributed by atoms with Gasteiger partial charge in [-0.05, 0) is 49.5 Å². The summed E-state index contributed by atoms with van der Waals surface area (Å²) in [5.41, 5.74) is 0.999. The molecule has 18 heavy (non-hydrogen) atoms. The molecule has 1 aromatic carbocycles. The minimum Gasteiger partial charge on any atom is -0.356 e. The van der Waals surface area contributed by atoms with Crippen LogP contribution in [0.15, 0.2) is 24.3 Å². The number of halogens is 1. The van der Waals surface area contributed by atoms with Crippen molar-refractivity contribution < 1.29 is 4.79 Å². The maximum Gasteiger partial charge on any atom is 0.224 e. The van der Waals surface area contributed by atoms with Crippen LogP contribution in [0.2, 0.25) is 5.02 Å². The van der Waals surface area contributed by atoms with E-state index in [0.29, 0.717) is 11.4 Å². The molecule has 0 spiro atoms. The SMILES string of the molecule is O=C(Cc1ccc(Cl)cc1)NCCC1CCNC1. The fourth-order valence-electron chi connectivity index (χ4n) is 2.23. The average Bonchev–Trinajstić information content (AvgIpc) is 2.85. The molecule has 2 N–H and O–H groups in total. The van der Waals surface area contributed by atoms with Crippen LogP contribution in [0.4, 0.5) is 0 Å². The molecule has 3 nitrogen and oxygen atoms in total. The first-order chi connectivity index (χ1) is 8.74. The molecule has 0 bridgehead atoms. The Balaban J connectivity index is 1.66. The molecular formula is C14H19ClN2O. The first-order valence-electron chi connectivity index (χ1n) is 6.46. The Labute approximate surface area is 113 Å². The van der Waals surface area contributed by atoms with Gasteiger partial charge in [-0.25, -0.2) is 0 Å². The number of carbonyl (C=O) groups is 1. The smallest absolute Gasteiger partial charge is 0.224 e.